The zero-order valence-corrected chi connectivity index (χ0v) is 12.5. The number of aryl methyl sites for hydroxylation is 1. The van der Waals surface area contributed by atoms with Gasteiger partial charge in [0.1, 0.15) is 18.9 Å². The van der Waals surface area contributed by atoms with Crippen molar-refractivity contribution in [3.8, 4) is 5.75 Å². The average Bonchev–Trinajstić information content (AvgIpc) is 2.48. The molecule has 6 nitrogen and oxygen atoms in total. The Bertz CT molecular complexity index is 509. The lowest BCUT2D eigenvalue weighted by molar-refractivity contribution is -0.128. The summed E-state index contributed by atoms with van der Waals surface area (Å²) in [5.74, 6) is 0.684. The predicted octanol–water partition coefficient (Wildman–Crippen LogP) is 0.662. The van der Waals surface area contributed by atoms with Gasteiger partial charge >= 0.3 is 0 Å². The van der Waals surface area contributed by atoms with Crippen molar-refractivity contribution in [3.05, 3.63) is 41.7 Å². The third-order valence-corrected chi connectivity index (χ3v) is 2.80. The van der Waals surface area contributed by atoms with Crippen LogP contribution in [-0.4, -0.2) is 43.8 Å². The number of hydrogen-bond donors (Lipinski definition) is 2. The van der Waals surface area contributed by atoms with Crippen LogP contribution in [0.1, 0.15) is 5.56 Å². The summed E-state index contributed by atoms with van der Waals surface area (Å²) in [5, 5.41) is 0. The number of carbonyl (C=O) groups is 1. The van der Waals surface area contributed by atoms with E-state index in [1.807, 2.05) is 31.2 Å². The number of allylic oxidation sites excluding steroid dienone is 1. The van der Waals surface area contributed by atoms with Crippen LogP contribution in [0.25, 0.3) is 0 Å². The molecule has 0 aliphatic carbocycles. The van der Waals surface area contributed by atoms with E-state index in [4.69, 9.17) is 16.2 Å². The molecule has 0 aromatic heterocycles. The van der Waals surface area contributed by atoms with Crippen LogP contribution in [0.5, 0.6) is 5.75 Å². The summed E-state index contributed by atoms with van der Waals surface area (Å²) in [4.78, 5) is 17.2. The van der Waals surface area contributed by atoms with Crippen molar-refractivity contribution in [2.45, 2.75) is 6.92 Å². The molecule has 0 unspecified atom stereocenters. The van der Waals surface area contributed by atoms with Gasteiger partial charge in [-0.2, -0.15) is 0 Å². The summed E-state index contributed by atoms with van der Waals surface area (Å²) in [6.45, 7) is 2.98. The van der Waals surface area contributed by atoms with Crippen molar-refractivity contribution in [1.29, 1.82) is 0 Å². The molecule has 0 heterocycles. The van der Waals surface area contributed by atoms with E-state index in [1.54, 1.807) is 11.9 Å². The third-order valence-electron chi connectivity index (χ3n) is 2.80. The van der Waals surface area contributed by atoms with Gasteiger partial charge in [-0.1, -0.05) is 17.7 Å². The number of nitrogens with two attached hydrogens (primary N) is 2. The Morgan fingerprint density at radius 1 is 1.38 bits per heavy atom. The SMILES string of the molecule is Cc1ccc(OCCN(C)C(=O)CN=C/C(N)=C\N)cc1. The molecule has 0 saturated carbocycles. The fraction of sp³-hybridized carbons (Fsp3) is 0.333. The van der Waals surface area contributed by atoms with Crippen molar-refractivity contribution in [2.75, 3.05) is 26.7 Å². The highest BCUT2D eigenvalue weighted by atomic mass is 16.5. The molecule has 0 radical (unpaired) electrons. The van der Waals surface area contributed by atoms with E-state index in [0.29, 0.717) is 18.8 Å². The molecule has 0 spiro atoms. The minimum atomic E-state index is -0.108. The summed E-state index contributed by atoms with van der Waals surface area (Å²) < 4.78 is 5.56. The Balaban J connectivity index is 2.29. The van der Waals surface area contributed by atoms with Crippen LogP contribution in [-0.2, 0) is 4.79 Å². The summed E-state index contributed by atoms with van der Waals surface area (Å²) in [5.41, 5.74) is 12.1. The molecular formula is C15H22N4O2. The maximum atomic E-state index is 11.8. The molecule has 0 aliphatic heterocycles. The van der Waals surface area contributed by atoms with Gasteiger partial charge in [-0.25, -0.2) is 0 Å². The highest BCUT2D eigenvalue weighted by Gasteiger charge is 2.07. The highest BCUT2D eigenvalue weighted by molar-refractivity contribution is 5.83. The number of nitrogens with zero attached hydrogens (tertiary/aromatic N) is 2. The van der Waals surface area contributed by atoms with Crippen LogP contribution in [0.2, 0.25) is 0 Å². The molecule has 0 aliphatic rings. The second kappa shape index (κ2) is 8.63. The van der Waals surface area contributed by atoms with E-state index in [9.17, 15) is 4.79 Å². The van der Waals surface area contributed by atoms with Gasteiger partial charge in [-0.15, -0.1) is 0 Å². The zero-order valence-electron chi connectivity index (χ0n) is 12.5. The van der Waals surface area contributed by atoms with Crippen molar-refractivity contribution in [2.24, 2.45) is 16.5 Å². The quantitative estimate of drug-likeness (QED) is 0.721. The van der Waals surface area contributed by atoms with Crippen molar-refractivity contribution in [3.63, 3.8) is 0 Å². The number of amides is 1. The average molecular weight is 290 g/mol. The first-order chi connectivity index (χ1) is 10.0. The van der Waals surface area contributed by atoms with Crippen LogP contribution in [0, 0.1) is 6.92 Å². The van der Waals surface area contributed by atoms with Gasteiger partial charge in [0.15, 0.2) is 0 Å². The minimum Gasteiger partial charge on any atom is -0.492 e. The Morgan fingerprint density at radius 2 is 2.05 bits per heavy atom. The Labute approximate surface area is 125 Å². The molecule has 1 amide bonds. The molecule has 0 bridgehead atoms. The second-order valence-corrected chi connectivity index (χ2v) is 4.61. The summed E-state index contributed by atoms with van der Waals surface area (Å²) >= 11 is 0. The van der Waals surface area contributed by atoms with Crippen LogP contribution in [0.3, 0.4) is 0 Å². The van der Waals surface area contributed by atoms with E-state index < -0.39 is 0 Å². The molecular weight excluding hydrogens is 268 g/mol. The monoisotopic (exact) mass is 290 g/mol. The Morgan fingerprint density at radius 3 is 2.67 bits per heavy atom. The van der Waals surface area contributed by atoms with Crippen LogP contribution in [0.4, 0.5) is 0 Å². The largest absolute Gasteiger partial charge is 0.492 e. The smallest absolute Gasteiger partial charge is 0.244 e. The molecule has 1 aromatic rings. The fourth-order valence-electron chi connectivity index (χ4n) is 1.45. The first kappa shape index (κ1) is 16.6. The lowest BCUT2D eigenvalue weighted by Gasteiger charge is -2.16. The number of carbonyl (C=O) groups excluding carboxylic acids is 1. The van der Waals surface area contributed by atoms with Crippen molar-refractivity contribution >= 4 is 12.1 Å². The third kappa shape index (κ3) is 6.47. The van der Waals surface area contributed by atoms with E-state index in [-0.39, 0.29) is 12.5 Å². The second-order valence-electron chi connectivity index (χ2n) is 4.61. The van der Waals surface area contributed by atoms with Crippen LogP contribution in [0.15, 0.2) is 41.2 Å². The Kier molecular flexibility index (Phi) is 6.80. The zero-order chi connectivity index (χ0) is 15.7. The molecule has 114 valence electrons. The van der Waals surface area contributed by atoms with Crippen LogP contribution < -0.4 is 16.2 Å². The van der Waals surface area contributed by atoms with Gasteiger partial charge in [0.05, 0.1) is 12.2 Å². The van der Waals surface area contributed by atoms with Crippen molar-refractivity contribution < 1.29 is 9.53 Å². The molecule has 1 rings (SSSR count). The topological polar surface area (TPSA) is 93.9 Å². The van der Waals surface area contributed by atoms with Gasteiger partial charge in [-0.05, 0) is 19.1 Å². The lowest BCUT2D eigenvalue weighted by Crippen LogP contribution is -2.32. The maximum absolute atomic E-state index is 11.8. The van der Waals surface area contributed by atoms with E-state index >= 15 is 0 Å². The van der Waals surface area contributed by atoms with E-state index in [0.717, 1.165) is 5.75 Å². The summed E-state index contributed by atoms with van der Waals surface area (Å²) in [6, 6.07) is 7.77. The predicted molar refractivity (Wildman–Crippen MR) is 84.1 cm³/mol. The molecule has 6 heteroatoms. The molecule has 0 fully saturated rings. The molecule has 4 N–H and O–H groups in total. The number of likely N-dealkylation sites (N-methyl/N-ethyl adjacent to an activating group) is 1. The van der Waals surface area contributed by atoms with Gasteiger partial charge in [-0.3, -0.25) is 9.79 Å². The van der Waals surface area contributed by atoms with Gasteiger partial charge in [0, 0.05) is 19.5 Å². The van der Waals surface area contributed by atoms with Gasteiger partial charge < -0.3 is 21.1 Å². The first-order valence-electron chi connectivity index (χ1n) is 6.63. The minimum absolute atomic E-state index is 0.0373. The molecule has 0 saturated heterocycles. The van der Waals surface area contributed by atoms with E-state index in [1.165, 1.54) is 18.0 Å². The maximum Gasteiger partial charge on any atom is 0.244 e. The standard InChI is InChI=1S/C15H22N4O2/c1-12-3-5-14(6-4-12)21-8-7-19(2)15(20)11-18-10-13(17)9-16/h3-6,9-10H,7-8,11,16-17H2,1-2H3/b13-9+,18-10?. The number of benzene rings is 1. The van der Waals surface area contributed by atoms with Gasteiger partial charge in [0.25, 0.3) is 0 Å². The molecule has 21 heavy (non-hydrogen) atoms. The Hall–Kier alpha value is -2.50. The highest BCUT2D eigenvalue weighted by Crippen LogP contribution is 2.10. The normalized spacial score (nSPS) is 11.6. The van der Waals surface area contributed by atoms with Crippen LogP contribution >= 0.6 is 0 Å². The fourth-order valence-corrected chi connectivity index (χ4v) is 1.45. The molecule has 1 aromatic carbocycles. The van der Waals surface area contributed by atoms with Crippen molar-refractivity contribution in [1.82, 2.24) is 4.90 Å². The first-order valence-corrected chi connectivity index (χ1v) is 6.63. The van der Waals surface area contributed by atoms with Gasteiger partial charge in [0.2, 0.25) is 5.91 Å². The summed E-state index contributed by atoms with van der Waals surface area (Å²) in [7, 11) is 1.71. The van der Waals surface area contributed by atoms with E-state index in [2.05, 4.69) is 4.99 Å². The number of ether oxygens (including phenoxy) is 1. The molecule has 0 atom stereocenters. The summed E-state index contributed by atoms with van der Waals surface area (Å²) in [6.07, 6.45) is 2.60. The lowest BCUT2D eigenvalue weighted by atomic mass is 10.2. The number of aliphatic imine (C=N–C) groups is 1. The number of hydrogen-bond acceptors (Lipinski definition) is 5. The number of rotatable bonds is 7.